The first kappa shape index (κ1) is 15.2. The number of hydrogen-bond acceptors (Lipinski definition) is 4. The van der Waals surface area contributed by atoms with E-state index in [1.54, 1.807) is 0 Å². The minimum atomic E-state index is -3.81. The van der Waals surface area contributed by atoms with Crippen LogP contribution in [0.3, 0.4) is 0 Å². The van der Waals surface area contributed by atoms with Crippen molar-refractivity contribution in [3.63, 3.8) is 0 Å². The van der Waals surface area contributed by atoms with Gasteiger partial charge < -0.3 is 15.0 Å². The number of aryl methyl sites for hydroxylation is 1. The predicted octanol–water partition coefficient (Wildman–Crippen LogP) is -0.862. The molecule has 106 valence electrons. The van der Waals surface area contributed by atoms with E-state index in [4.69, 9.17) is 5.11 Å². The van der Waals surface area contributed by atoms with E-state index in [1.807, 2.05) is 0 Å². The Hall–Kier alpha value is -1.87. The molecule has 8 nitrogen and oxygen atoms in total. The number of carboxylic acid groups (broad SMARTS) is 1. The van der Waals surface area contributed by atoms with E-state index in [0.717, 1.165) is 6.07 Å². The Balaban J connectivity index is 2.80. The molecule has 0 spiro atoms. The summed E-state index contributed by atoms with van der Waals surface area (Å²) in [6, 6.07) is 1.06. The molecule has 0 aliphatic rings. The van der Waals surface area contributed by atoms with Gasteiger partial charge in [0.05, 0.1) is 0 Å². The van der Waals surface area contributed by atoms with Crippen molar-refractivity contribution in [2.75, 3.05) is 13.6 Å². The molecule has 1 amide bonds. The summed E-state index contributed by atoms with van der Waals surface area (Å²) >= 11 is 0. The Kier molecular flexibility index (Phi) is 4.67. The molecule has 0 fully saturated rings. The fourth-order valence-electron chi connectivity index (χ4n) is 1.40. The van der Waals surface area contributed by atoms with Gasteiger partial charge in [-0.05, 0) is 6.07 Å². The van der Waals surface area contributed by atoms with E-state index in [9.17, 15) is 18.0 Å². The van der Waals surface area contributed by atoms with E-state index in [-0.39, 0.29) is 29.5 Å². The molecule has 0 bridgehead atoms. The molecule has 1 rings (SSSR count). The highest BCUT2D eigenvalue weighted by Crippen LogP contribution is 2.13. The molecule has 1 heterocycles. The summed E-state index contributed by atoms with van der Waals surface area (Å²) in [6.45, 7) is -0.0562. The maximum Gasteiger partial charge on any atom is 0.352 e. The number of hydrogen-bond donors (Lipinski definition) is 3. The minimum absolute atomic E-state index is 0.00828. The van der Waals surface area contributed by atoms with Gasteiger partial charge in [-0.25, -0.2) is 17.9 Å². The molecule has 0 aromatic carbocycles. The second-order valence-corrected chi connectivity index (χ2v) is 5.57. The number of amides is 1. The fraction of sp³-hybridized carbons (Fsp3) is 0.400. The monoisotopic (exact) mass is 289 g/mol. The van der Waals surface area contributed by atoms with E-state index < -0.39 is 16.0 Å². The van der Waals surface area contributed by atoms with Crippen molar-refractivity contribution >= 4 is 21.9 Å². The molecule has 9 heteroatoms. The van der Waals surface area contributed by atoms with Gasteiger partial charge in [0.25, 0.3) is 0 Å². The zero-order valence-electron chi connectivity index (χ0n) is 10.5. The summed E-state index contributed by atoms with van der Waals surface area (Å²) < 4.78 is 27.1. The summed E-state index contributed by atoms with van der Waals surface area (Å²) in [5, 5.41) is 11.2. The first-order chi connectivity index (χ1) is 8.77. The van der Waals surface area contributed by atoms with Crippen LogP contribution >= 0.6 is 0 Å². The van der Waals surface area contributed by atoms with Gasteiger partial charge in [-0.2, -0.15) is 0 Å². The van der Waals surface area contributed by atoms with Crippen LogP contribution in [0.4, 0.5) is 0 Å². The normalized spacial score (nSPS) is 11.3. The van der Waals surface area contributed by atoms with Crippen molar-refractivity contribution in [3.8, 4) is 0 Å². The van der Waals surface area contributed by atoms with Crippen molar-refractivity contribution in [2.45, 2.75) is 11.3 Å². The lowest BCUT2D eigenvalue weighted by Gasteiger charge is -2.03. The third-order valence-corrected chi connectivity index (χ3v) is 3.86. The van der Waals surface area contributed by atoms with Gasteiger partial charge in [0.2, 0.25) is 15.9 Å². The predicted molar refractivity (Wildman–Crippen MR) is 66.2 cm³/mol. The number of carbonyl (C=O) groups is 2. The molecule has 3 N–H and O–H groups in total. The fourth-order valence-corrected chi connectivity index (χ4v) is 2.50. The first-order valence-electron chi connectivity index (χ1n) is 5.38. The molecule has 0 atom stereocenters. The molecule has 1 aromatic rings. The number of nitrogens with zero attached hydrogens (tertiary/aromatic N) is 1. The van der Waals surface area contributed by atoms with Crippen molar-refractivity contribution < 1.29 is 23.1 Å². The first-order valence-corrected chi connectivity index (χ1v) is 6.86. The van der Waals surface area contributed by atoms with Gasteiger partial charge in [-0.15, -0.1) is 0 Å². The number of aromatic carboxylic acids is 1. The average Bonchev–Trinajstić information content (AvgIpc) is 2.71. The highest BCUT2D eigenvalue weighted by molar-refractivity contribution is 7.89. The molecule has 19 heavy (non-hydrogen) atoms. The number of rotatable bonds is 6. The molecule has 0 saturated heterocycles. The average molecular weight is 289 g/mol. The van der Waals surface area contributed by atoms with E-state index >= 15 is 0 Å². The summed E-state index contributed by atoms with van der Waals surface area (Å²) in [5.74, 6) is -1.50. The number of nitrogens with one attached hydrogen (secondary N) is 2. The van der Waals surface area contributed by atoms with Crippen molar-refractivity contribution in [1.82, 2.24) is 14.6 Å². The van der Waals surface area contributed by atoms with Crippen molar-refractivity contribution in [1.29, 1.82) is 0 Å². The molecule has 0 unspecified atom stereocenters. The molecular weight excluding hydrogens is 274 g/mol. The number of sulfonamides is 1. The highest BCUT2D eigenvalue weighted by Gasteiger charge is 2.19. The lowest BCUT2D eigenvalue weighted by Crippen LogP contribution is -2.29. The van der Waals surface area contributed by atoms with Gasteiger partial charge >= 0.3 is 5.97 Å². The largest absolute Gasteiger partial charge is 0.477 e. The number of carbonyl (C=O) groups excluding carboxylic acids is 1. The summed E-state index contributed by atoms with van der Waals surface area (Å²) in [6.07, 6.45) is 1.21. The molecule has 1 aromatic heterocycles. The smallest absolute Gasteiger partial charge is 0.352 e. The van der Waals surface area contributed by atoms with E-state index in [2.05, 4.69) is 10.0 Å². The maximum absolute atomic E-state index is 11.8. The number of aromatic nitrogens is 1. The molecule has 0 aliphatic heterocycles. The quantitative estimate of drug-likeness (QED) is 0.629. The zero-order chi connectivity index (χ0) is 14.6. The van der Waals surface area contributed by atoms with Crippen LogP contribution in [0, 0.1) is 0 Å². The van der Waals surface area contributed by atoms with Gasteiger partial charge in [0.1, 0.15) is 10.6 Å². The van der Waals surface area contributed by atoms with Crippen LogP contribution in [0.25, 0.3) is 0 Å². The van der Waals surface area contributed by atoms with Crippen LogP contribution in [-0.2, 0) is 21.9 Å². The molecule has 0 radical (unpaired) electrons. The Morgan fingerprint density at radius 3 is 2.53 bits per heavy atom. The summed E-state index contributed by atoms with van der Waals surface area (Å²) in [7, 11) is -0.924. The van der Waals surface area contributed by atoms with Crippen LogP contribution in [0.15, 0.2) is 17.2 Å². The van der Waals surface area contributed by atoms with Crippen LogP contribution < -0.4 is 10.0 Å². The standard InChI is InChI=1S/C10H15N3O5S/c1-11-9(14)3-4-12-19(17,18)7-5-8(10(15)16)13(2)6-7/h5-6,12H,3-4H2,1-2H3,(H,11,14)(H,15,16). The van der Waals surface area contributed by atoms with Crippen LogP contribution in [-0.4, -0.2) is 43.6 Å². The third kappa shape index (κ3) is 3.80. The minimum Gasteiger partial charge on any atom is -0.477 e. The lowest BCUT2D eigenvalue weighted by molar-refractivity contribution is -0.120. The lowest BCUT2D eigenvalue weighted by atomic mass is 10.4. The van der Waals surface area contributed by atoms with Gasteiger partial charge in [0, 0.05) is 33.3 Å². The molecule has 0 aliphatic carbocycles. The van der Waals surface area contributed by atoms with Crippen LogP contribution in [0.1, 0.15) is 16.9 Å². The summed E-state index contributed by atoms with van der Waals surface area (Å²) in [4.78, 5) is 21.6. The molecule has 0 saturated carbocycles. The third-order valence-electron chi connectivity index (χ3n) is 2.43. The Morgan fingerprint density at radius 2 is 2.05 bits per heavy atom. The summed E-state index contributed by atoms with van der Waals surface area (Å²) in [5.41, 5.74) is -0.133. The molecular formula is C10H15N3O5S. The van der Waals surface area contributed by atoms with E-state index in [1.165, 1.54) is 24.9 Å². The van der Waals surface area contributed by atoms with Crippen molar-refractivity contribution in [2.24, 2.45) is 7.05 Å². The second kappa shape index (κ2) is 5.85. The Labute approximate surface area is 110 Å². The maximum atomic E-state index is 11.8. The van der Waals surface area contributed by atoms with Gasteiger partial charge in [-0.1, -0.05) is 0 Å². The van der Waals surface area contributed by atoms with Crippen LogP contribution in [0.2, 0.25) is 0 Å². The topological polar surface area (TPSA) is 118 Å². The van der Waals surface area contributed by atoms with Crippen LogP contribution in [0.5, 0.6) is 0 Å². The van der Waals surface area contributed by atoms with Crippen molar-refractivity contribution in [3.05, 3.63) is 18.0 Å². The van der Waals surface area contributed by atoms with Gasteiger partial charge in [0.15, 0.2) is 0 Å². The SMILES string of the molecule is CNC(=O)CCNS(=O)(=O)c1cc(C(=O)O)n(C)c1. The highest BCUT2D eigenvalue weighted by atomic mass is 32.2. The Bertz CT molecular complexity index is 590. The Morgan fingerprint density at radius 1 is 1.42 bits per heavy atom. The zero-order valence-corrected chi connectivity index (χ0v) is 11.3. The van der Waals surface area contributed by atoms with Gasteiger partial charge in [-0.3, -0.25) is 4.79 Å². The number of carboxylic acids is 1. The second-order valence-electron chi connectivity index (χ2n) is 3.80. The van der Waals surface area contributed by atoms with E-state index in [0.29, 0.717) is 0 Å².